The number of nitrogen functional groups attached to an aromatic ring is 1. The molecule has 4 nitrogen and oxygen atoms in total. The summed E-state index contributed by atoms with van der Waals surface area (Å²) in [7, 11) is 0. The Labute approximate surface area is 88.8 Å². The normalized spacial score (nSPS) is 10.5. The molecule has 78 valence electrons. The maximum atomic E-state index is 5.87. The zero-order chi connectivity index (χ0) is 10.7. The van der Waals surface area contributed by atoms with Gasteiger partial charge in [-0.05, 0) is 18.6 Å². The minimum Gasteiger partial charge on any atom is -0.396 e. The average molecular weight is 202 g/mol. The summed E-state index contributed by atoms with van der Waals surface area (Å²) in [5.74, 6) is 0. The summed E-state index contributed by atoms with van der Waals surface area (Å²) in [5, 5.41) is 4.27. The predicted octanol–water partition coefficient (Wildman–Crippen LogP) is 1.80. The lowest BCUT2D eigenvalue weighted by Gasteiger charge is -2.06. The quantitative estimate of drug-likeness (QED) is 0.825. The summed E-state index contributed by atoms with van der Waals surface area (Å²) in [4.78, 5) is 3.98. The third-order valence-electron chi connectivity index (χ3n) is 2.30. The first-order valence-electron chi connectivity index (χ1n) is 5.05. The van der Waals surface area contributed by atoms with Crippen molar-refractivity contribution in [3.8, 4) is 5.69 Å². The molecule has 4 heteroatoms. The topological polar surface area (TPSA) is 56.7 Å². The van der Waals surface area contributed by atoms with Gasteiger partial charge >= 0.3 is 0 Å². The van der Waals surface area contributed by atoms with Crippen LogP contribution in [0.5, 0.6) is 0 Å². The molecule has 2 aromatic rings. The van der Waals surface area contributed by atoms with Gasteiger partial charge in [0.25, 0.3) is 0 Å². The zero-order valence-electron chi connectivity index (χ0n) is 8.72. The van der Waals surface area contributed by atoms with Crippen LogP contribution in [0, 0.1) is 0 Å². The fraction of sp³-hybridized carbons (Fsp3) is 0.273. The SMILES string of the molecule is CCCc1c(N)cnn1-c1ccncc1. The Hall–Kier alpha value is -1.84. The van der Waals surface area contributed by atoms with E-state index in [0.29, 0.717) is 0 Å². The van der Waals surface area contributed by atoms with E-state index in [4.69, 9.17) is 5.73 Å². The average Bonchev–Trinajstić information content (AvgIpc) is 2.63. The van der Waals surface area contributed by atoms with Crippen LogP contribution in [-0.2, 0) is 6.42 Å². The van der Waals surface area contributed by atoms with Crippen molar-refractivity contribution in [3.63, 3.8) is 0 Å². The summed E-state index contributed by atoms with van der Waals surface area (Å²) >= 11 is 0. The molecular weight excluding hydrogens is 188 g/mol. The number of hydrogen-bond donors (Lipinski definition) is 1. The number of aromatic nitrogens is 3. The van der Waals surface area contributed by atoms with Crippen molar-refractivity contribution >= 4 is 5.69 Å². The monoisotopic (exact) mass is 202 g/mol. The molecule has 0 bridgehead atoms. The summed E-state index contributed by atoms with van der Waals surface area (Å²) in [6.07, 6.45) is 7.20. The zero-order valence-corrected chi connectivity index (χ0v) is 8.72. The molecule has 0 saturated heterocycles. The number of rotatable bonds is 3. The van der Waals surface area contributed by atoms with Crippen molar-refractivity contribution in [1.82, 2.24) is 14.8 Å². The maximum Gasteiger partial charge on any atom is 0.0737 e. The van der Waals surface area contributed by atoms with Gasteiger partial charge in [-0.2, -0.15) is 5.10 Å². The van der Waals surface area contributed by atoms with Crippen LogP contribution >= 0.6 is 0 Å². The largest absolute Gasteiger partial charge is 0.396 e. The van der Waals surface area contributed by atoms with Gasteiger partial charge in [-0.25, -0.2) is 4.68 Å². The van der Waals surface area contributed by atoms with Crippen LogP contribution < -0.4 is 5.73 Å². The Morgan fingerprint density at radius 2 is 2.07 bits per heavy atom. The van der Waals surface area contributed by atoms with E-state index in [9.17, 15) is 0 Å². The van der Waals surface area contributed by atoms with Crippen molar-refractivity contribution in [1.29, 1.82) is 0 Å². The highest BCUT2D eigenvalue weighted by Gasteiger charge is 2.08. The van der Waals surface area contributed by atoms with Crippen molar-refractivity contribution in [2.45, 2.75) is 19.8 Å². The first kappa shape index (κ1) is 9.71. The van der Waals surface area contributed by atoms with Crippen LogP contribution in [0.25, 0.3) is 5.69 Å². The summed E-state index contributed by atoms with van der Waals surface area (Å²) in [5.41, 5.74) is 8.70. The minimum atomic E-state index is 0.758. The number of nitrogens with two attached hydrogens (primary N) is 1. The van der Waals surface area contributed by atoms with E-state index in [0.717, 1.165) is 29.9 Å². The van der Waals surface area contributed by atoms with E-state index in [2.05, 4.69) is 17.0 Å². The lowest BCUT2D eigenvalue weighted by molar-refractivity contribution is 0.775. The molecule has 2 heterocycles. The highest BCUT2D eigenvalue weighted by Crippen LogP contribution is 2.17. The summed E-state index contributed by atoms with van der Waals surface area (Å²) in [6.45, 7) is 2.13. The molecule has 2 N–H and O–H groups in total. The highest BCUT2D eigenvalue weighted by atomic mass is 15.3. The van der Waals surface area contributed by atoms with Crippen molar-refractivity contribution < 1.29 is 0 Å². The molecule has 0 atom stereocenters. The molecule has 0 radical (unpaired) electrons. The second-order valence-corrected chi connectivity index (χ2v) is 3.41. The van der Waals surface area contributed by atoms with Gasteiger partial charge in [0.05, 0.1) is 23.3 Å². The minimum absolute atomic E-state index is 0.758. The molecule has 0 saturated carbocycles. The number of hydrogen-bond acceptors (Lipinski definition) is 3. The van der Waals surface area contributed by atoms with Crippen LogP contribution in [0.4, 0.5) is 5.69 Å². The molecule has 0 aliphatic rings. The molecular formula is C11H14N4. The van der Waals surface area contributed by atoms with Gasteiger partial charge in [0.2, 0.25) is 0 Å². The number of nitrogens with zero attached hydrogens (tertiary/aromatic N) is 3. The van der Waals surface area contributed by atoms with E-state index in [1.54, 1.807) is 18.6 Å². The van der Waals surface area contributed by atoms with E-state index in [1.807, 2.05) is 16.8 Å². The fourth-order valence-electron chi connectivity index (χ4n) is 1.58. The van der Waals surface area contributed by atoms with Gasteiger partial charge in [-0.15, -0.1) is 0 Å². The first-order chi connectivity index (χ1) is 7.33. The van der Waals surface area contributed by atoms with Gasteiger partial charge in [0.1, 0.15) is 0 Å². The van der Waals surface area contributed by atoms with Gasteiger partial charge in [0.15, 0.2) is 0 Å². The summed E-state index contributed by atoms with van der Waals surface area (Å²) in [6, 6.07) is 3.84. The number of anilines is 1. The van der Waals surface area contributed by atoms with Gasteiger partial charge < -0.3 is 5.73 Å². The number of pyridine rings is 1. The smallest absolute Gasteiger partial charge is 0.0737 e. The molecule has 0 spiro atoms. The summed E-state index contributed by atoms with van der Waals surface area (Å²) < 4.78 is 1.88. The van der Waals surface area contributed by atoms with Crippen LogP contribution in [0.15, 0.2) is 30.7 Å². The second-order valence-electron chi connectivity index (χ2n) is 3.41. The Kier molecular flexibility index (Phi) is 2.67. The van der Waals surface area contributed by atoms with E-state index in [1.165, 1.54) is 0 Å². The van der Waals surface area contributed by atoms with Crippen LogP contribution in [-0.4, -0.2) is 14.8 Å². The molecule has 0 aromatic carbocycles. The Bertz CT molecular complexity index is 433. The molecule has 2 aromatic heterocycles. The maximum absolute atomic E-state index is 5.87. The molecule has 2 rings (SSSR count). The van der Waals surface area contributed by atoms with E-state index in [-0.39, 0.29) is 0 Å². The van der Waals surface area contributed by atoms with Gasteiger partial charge in [-0.3, -0.25) is 4.98 Å². The third kappa shape index (κ3) is 1.83. The van der Waals surface area contributed by atoms with Crippen molar-refractivity contribution in [3.05, 3.63) is 36.4 Å². The molecule has 0 amide bonds. The van der Waals surface area contributed by atoms with Gasteiger partial charge in [0, 0.05) is 12.4 Å². The molecule has 0 aliphatic carbocycles. The first-order valence-corrected chi connectivity index (χ1v) is 5.05. The fourth-order valence-corrected chi connectivity index (χ4v) is 1.58. The van der Waals surface area contributed by atoms with Crippen molar-refractivity contribution in [2.24, 2.45) is 0 Å². The van der Waals surface area contributed by atoms with E-state index < -0.39 is 0 Å². The Morgan fingerprint density at radius 1 is 1.33 bits per heavy atom. The third-order valence-corrected chi connectivity index (χ3v) is 2.30. The molecule has 0 fully saturated rings. The van der Waals surface area contributed by atoms with Crippen LogP contribution in [0.1, 0.15) is 19.0 Å². The standard InChI is InChI=1S/C11H14N4/c1-2-3-11-10(12)8-14-15(11)9-4-6-13-7-5-9/h4-8H,2-3,12H2,1H3. The molecule has 0 aliphatic heterocycles. The highest BCUT2D eigenvalue weighted by molar-refractivity contribution is 5.45. The lowest BCUT2D eigenvalue weighted by Crippen LogP contribution is -2.03. The predicted molar refractivity (Wildman–Crippen MR) is 59.8 cm³/mol. The second kappa shape index (κ2) is 4.13. The van der Waals surface area contributed by atoms with Crippen LogP contribution in [0.2, 0.25) is 0 Å². The van der Waals surface area contributed by atoms with Gasteiger partial charge in [-0.1, -0.05) is 13.3 Å². The molecule has 0 unspecified atom stereocenters. The molecule has 15 heavy (non-hydrogen) atoms. The van der Waals surface area contributed by atoms with Crippen LogP contribution in [0.3, 0.4) is 0 Å². The Balaban J connectivity index is 2.44. The van der Waals surface area contributed by atoms with E-state index >= 15 is 0 Å². The lowest BCUT2D eigenvalue weighted by atomic mass is 10.2. The Morgan fingerprint density at radius 3 is 2.73 bits per heavy atom. The van der Waals surface area contributed by atoms with Crippen molar-refractivity contribution in [2.75, 3.05) is 5.73 Å².